The first-order valence-corrected chi connectivity index (χ1v) is 16.9. The molecular weight excluding hydrogens is 653 g/mol. The Bertz CT molecular complexity index is 2220. The highest BCUT2D eigenvalue weighted by molar-refractivity contribution is 7.07. The zero-order valence-corrected chi connectivity index (χ0v) is 28.7. The summed E-state index contributed by atoms with van der Waals surface area (Å²) in [5, 5.41) is 2.95. The van der Waals surface area contributed by atoms with Crippen molar-refractivity contribution >= 4 is 57.3 Å². The second kappa shape index (κ2) is 13.8. The number of aromatic nitrogens is 1. The van der Waals surface area contributed by atoms with Crippen LogP contribution in [0.15, 0.2) is 99.9 Å². The number of carbonyl (C=O) groups is 1. The minimum atomic E-state index is -0.780. The lowest BCUT2D eigenvalue weighted by Crippen LogP contribution is -2.43. The van der Waals surface area contributed by atoms with Crippen LogP contribution < -0.4 is 24.4 Å². The third-order valence-electron chi connectivity index (χ3n) is 8.33. The lowest BCUT2D eigenvalue weighted by molar-refractivity contribution is -0.127. The molecule has 0 unspecified atom stereocenters. The molecule has 0 saturated carbocycles. The monoisotopic (exact) mass is 685 g/mol. The van der Waals surface area contributed by atoms with Crippen LogP contribution in [0.5, 0.6) is 11.5 Å². The molecule has 7 nitrogen and oxygen atoms in total. The highest BCUT2D eigenvalue weighted by Gasteiger charge is 2.36. The Hall–Kier alpha value is -4.37. The van der Waals surface area contributed by atoms with Gasteiger partial charge in [-0.05, 0) is 68.0 Å². The molecule has 0 N–H and O–H groups in total. The van der Waals surface area contributed by atoms with E-state index in [0.717, 1.165) is 21.9 Å². The highest BCUT2D eigenvalue weighted by Crippen LogP contribution is 2.40. The largest absolute Gasteiger partial charge is 0.496 e. The molecule has 1 atom stereocenters. The Labute approximate surface area is 286 Å². The van der Waals surface area contributed by atoms with Crippen LogP contribution in [0.3, 0.4) is 0 Å². The van der Waals surface area contributed by atoms with Gasteiger partial charge in [-0.3, -0.25) is 14.2 Å². The van der Waals surface area contributed by atoms with Gasteiger partial charge in [0.2, 0.25) is 0 Å². The van der Waals surface area contributed by atoms with Crippen LogP contribution >= 0.6 is 34.5 Å². The van der Waals surface area contributed by atoms with Gasteiger partial charge in [0.15, 0.2) is 4.80 Å². The summed E-state index contributed by atoms with van der Waals surface area (Å²) in [7, 11) is 1.60. The molecule has 0 bridgehead atoms. The normalized spacial score (nSPS) is 14.6. The second-order valence-corrected chi connectivity index (χ2v) is 12.9. The molecule has 6 rings (SSSR count). The number of thiazole rings is 1. The summed E-state index contributed by atoms with van der Waals surface area (Å²) in [6.07, 6.45) is 1.76. The van der Waals surface area contributed by atoms with E-state index in [2.05, 4.69) is 0 Å². The van der Waals surface area contributed by atoms with E-state index in [1.54, 1.807) is 40.9 Å². The van der Waals surface area contributed by atoms with Crippen LogP contribution in [0.25, 0.3) is 16.8 Å². The smallest absolute Gasteiger partial charge is 0.271 e. The van der Waals surface area contributed by atoms with E-state index >= 15 is 0 Å². The van der Waals surface area contributed by atoms with E-state index in [9.17, 15) is 9.59 Å². The van der Waals surface area contributed by atoms with Gasteiger partial charge in [0.25, 0.3) is 11.5 Å². The van der Waals surface area contributed by atoms with Gasteiger partial charge in [-0.15, -0.1) is 0 Å². The maximum atomic E-state index is 14.5. The number of carbonyl (C=O) groups excluding carboxylic acids is 1. The number of hydrogen-bond donors (Lipinski definition) is 0. The Morgan fingerprint density at radius 2 is 1.72 bits per heavy atom. The van der Waals surface area contributed by atoms with Crippen molar-refractivity contribution in [2.24, 2.45) is 4.99 Å². The van der Waals surface area contributed by atoms with E-state index in [0.29, 0.717) is 60.8 Å². The molecule has 0 aliphatic carbocycles. The summed E-state index contributed by atoms with van der Waals surface area (Å²) in [6, 6.07) is 23.7. The lowest BCUT2D eigenvalue weighted by atomic mass is 9.90. The third kappa shape index (κ3) is 6.21. The standard InChI is InChI=1S/C37H33Cl2N3O4S/c1-5-41(6-2)36(44)32-22(3)40-37-42(34(32)33-27-13-9-7-11-23(27)15-17-30(33)45-4)35(43)31(47-37)20-25-19-26(38)16-18-29(25)46-21-24-12-8-10-14-28(24)39/h7-20,34H,5-6,21H2,1-4H3/b31-20+/t34-/m0/s1. The predicted molar refractivity (Wildman–Crippen MR) is 189 cm³/mol. The first-order valence-electron chi connectivity index (χ1n) is 15.3. The van der Waals surface area contributed by atoms with Gasteiger partial charge in [-0.1, -0.05) is 83.1 Å². The number of ether oxygens (including phenoxy) is 2. The summed E-state index contributed by atoms with van der Waals surface area (Å²) in [6.45, 7) is 6.98. The number of methoxy groups -OCH3 is 1. The SMILES string of the molecule is CCN(CC)C(=O)C1=C(C)N=c2s/c(=C/c3cc(Cl)ccc3OCc3ccccc3Cl)c(=O)n2[C@@H]1c1c(OC)ccc2ccccc12. The number of hydrogen-bond acceptors (Lipinski definition) is 6. The molecule has 0 saturated heterocycles. The molecule has 240 valence electrons. The average molecular weight is 687 g/mol. The highest BCUT2D eigenvalue weighted by atomic mass is 35.5. The third-order valence-corrected chi connectivity index (χ3v) is 9.91. The van der Waals surface area contributed by atoms with Gasteiger partial charge in [0.1, 0.15) is 24.1 Å². The Kier molecular flexibility index (Phi) is 9.55. The van der Waals surface area contributed by atoms with Crippen LogP contribution in [0.4, 0.5) is 0 Å². The first-order chi connectivity index (χ1) is 22.7. The summed E-state index contributed by atoms with van der Waals surface area (Å²) in [5.74, 6) is 0.949. The molecule has 4 aromatic carbocycles. The number of amides is 1. The zero-order valence-electron chi connectivity index (χ0n) is 26.4. The summed E-state index contributed by atoms with van der Waals surface area (Å²) in [4.78, 5) is 35.8. The molecule has 0 fully saturated rings. The zero-order chi connectivity index (χ0) is 33.2. The van der Waals surface area contributed by atoms with Gasteiger partial charge in [-0.2, -0.15) is 0 Å². The van der Waals surface area contributed by atoms with Crippen LogP contribution in [-0.4, -0.2) is 35.6 Å². The Balaban J connectivity index is 1.56. The van der Waals surface area contributed by atoms with Crippen molar-refractivity contribution in [3.63, 3.8) is 0 Å². The number of rotatable bonds is 9. The minimum Gasteiger partial charge on any atom is -0.496 e. The van der Waals surface area contributed by atoms with Gasteiger partial charge < -0.3 is 14.4 Å². The predicted octanol–water partition coefficient (Wildman–Crippen LogP) is 7.15. The van der Waals surface area contributed by atoms with Crippen molar-refractivity contribution in [3.8, 4) is 11.5 Å². The van der Waals surface area contributed by atoms with Gasteiger partial charge in [-0.25, -0.2) is 4.99 Å². The number of allylic oxidation sites excluding steroid dienone is 1. The van der Waals surface area contributed by atoms with E-state index in [-0.39, 0.29) is 18.1 Å². The van der Waals surface area contributed by atoms with E-state index in [1.807, 2.05) is 81.4 Å². The van der Waals surface area contributed by atoms with E-state index in [1.165, 1.54) is 11.3 Å². The molecule has 1 aromatic heterocycles. The molecule has 1 amide bonds. The molecule has 1 aliphatic heterocycles. The van der Waals surface area contributed by atoms with E-state index < -0.39 is 6.04 Å². The topological polar surface area (TPSA) is 73.1 Å². The van der Waals surface area contributed by atoms with Gasteiger partial charge in [0.05, 0.1) is 22.9 Å². The van der Waals surface area contributed by atoms with Gasteiger partial charge >= 0.3 is 0 Å². The number of nitrogens with zero attached hydrogens (tertiary/aromatic N) is 3. The van der Waals surface area contributed by atoms with Crippen molar-refractivity contribution in [2.75, 3.05) is 20.2 Å². The van der Waals surface area contributed by atoms with Crippen molar-refractivity contribution in [2.45, 2.75) is 33.4 Å². The average Bonchev–Trinajstić information content (AvgIpc) is 3.38. The minimum absolute atomic E-state index is 0.171. The van der Waals surface area contributed by atoms with Crippen molar-refractivity contribution < 1.29 is 14.3 Å². The second-order valence-electron chi connectivity index (χ2n) is 11.0. The van der Waals surface area contributed by atoms with Crippen LogP contribution in [-0.2, 0) is 11.4 Å². The van der Waals surface area contributed by atoms with Crippen LogP contribution in [0, 0.1) is 0 Å². The number of likely N-dealkylation sites (N-methyl/N-ethyl adjacent to an activating group) is 1. The Morgan fingerprint density at radius 1 is 1.00 bits per heavy atom. The summed E-state index contributed by atoms with van der Waals surface area (Å²) >= 11 is 14.1. The molecule has 10 heteroatoms. The summed E-state index contributed by atoms with van der Waals surface area (Å²) in [5.41, 5.74) is 2.90. The molecule has 5 aromatic rings. The molecule has 1 aliphatic rings. The fourth-order valence-electron chi connectivity index (χ4n) is 5.96. The molecular formula is C37H33Cl2N3O4S. The Morgan fingerprint density at radius 3 is 2.47 bits per heavy atom. The number of halogens is 2. The van der Waals surface area contributed by atoms with E-state index in [4.69, 9.17) is 37.7 Å². The number of fused-ring (bicyclic) bond motifs is 2. The van der Waals surface area contributed by atoms with Crippen LogP contribution in [0.1, 0.15) is 43.5 Å². The van der Waals surface area contributed by atoms with Crippen molar-refractivity contribution in [3.05, 3.63) is 137 Å². The number of benzene rings is 4. The fourth-order valence-corrected chi connectivity index (χ4v) is 7.37. The lowest BCUT2D eigenvalue weighted by Gasteiger charge is -2.30. The summed E-state index contributed by atoms with van der Waals surface area (Å²) < 4.78 is 14.1. The molecule has 0 spiro atoms. The maximum Gasteiger partial charge on any atom is 0.271 e. The fraction of sp³-hybridized carbons (Fsp3) is 0.216. The van der Waals surface area contributed by atoms with Crippen molar-refractivity contribution in [1.29, 1.82) is 0 Å². The van der Waals surface area contributed by atoms with Gasteiger partial charge in [0, 0.05) is 39.8 Å². The maximum absolute atomic E-state index is 14.5. The quantitative estimate of drug-likeness (QED) is 0.165. The van der Waals surface area contributed by atoms with Crippen molar-refractivity contribution in [1.82, 2.24) is 9.47 Å². The first kappa shape index (κ1) is 32.6. The molecule has 47 heavy (non-hydrogen) atoms. The molecule has 0 radical (unpaired) electrons. The molecule has 2 heterocycles. The van der Waals surface area contributed by atoms with Crippen LogP contribution in [0.2, 0.25) is 10.0 Å².